The molecule has 6 amide bonds. The van der Waals surface area contributed by atoms with Gasteiger partial charge in [-0.15, -0.1) is 0 Å². The molecule has 1 heterocycles. The van der Waals surface area contributed by atoms with Gasteiger partial charge in [0.25, 0.3) is 11.8 Å². The number of benzene rings is 2. The van der Waals surface area contributed by atoms with Crippen LogP contribution in [0.3, 0.4) is 0 Å². The standard InChI is InChI=1S/C41H54N6O9/c1-38(2,3)56-37(54)47-23-17-22-30(47)33(50)46-40(6,7)35(52)42-28(24-26-18-13-11-14-19-26)31(48)44-39(4,5)34(51)43-29(25-27-20-15-12-16-21-27)32(49)45-41(8,9)36(53)55-10/h11-16,18-21,24-25,30H,17,22-23H2,1-10H3,(H,42,52)(H,43,51)(H,44,48)(H,45,49)(H,46,50)/b28-24-,29-25-/t30-/m0/s1. The maximum absolute atomic E-state index is 13.9. The molecular formula is C41H54N6O9. The molecule has 0 saturated carbocycles. The molecule has 0 radical (unpaired) electrons. The predicted molar refractivity (Wildman–Crippen MR) is 210 cm³/mol. The highest BCUT2D eigenvalue weighted by Crippen LogP contribution is 2.22. The van der Waals surface area contributed by atoms with E-state index in [1.807, 2.05) is 0 Å². The Labute approximate surface area is 328 Å². The smallest absolute Gasteiger partial charge is 0.410 e. The molecule has 302 valence electrons. The largest absolute Gasteiger partial charge is 0.467 e. The molecule has 0 bridgehead atoms. The van der Waals surface area contributed by atoms with Crippen LogP contribution in [-0.4, -0.2) is 88.4 Å². The zero-order chi connectivity index (χ0) is 42.1. The SMILES string of the molecule is COC(=O)C(C)(C)NC(=O)/C(=C/c1ccccc1)NC(=O)C(C)(C)NC(=O)/C(=C/c1ccccc1)NC(=O)C(C)(C)NC(=O)[C@@H]1CCCN1C(=O)OC(C)(C)C. The second-order valence-corrected chi connectivity index (χ2v) is 15.9. The van der Waals surface area contributed by atoms with E-state index in [0.717, 1.165) is 0 Å². The number of likely N-dealkylation sites (tertiary alicyclic amines) is 1. The van der Waals surface area contributed by atoms with Crippen molar-refractivity contribution >= 4 is 53.8 Å². The van der Waals surface area contributed by atoms with Gasteiger partial charge in [0.15, 0.2) is 0 Å². The predicted octanol–water partition coefficient (Wildman–Crippen LogP) is 3.56. The van der Waals surface area contributed by atoms with Crippen LogP contribution in [-0.2, 0) is 38.2 Å². The molecule has 0 unspecified atom stereocenters. The van der Waals surface area contributed by atoms with Gasteiger partial charge in [-0.3, -0.25) is 28.9 Å². The van der Waals surface area contributed by atoms with E-state index >= 15 is 0 Å². The Morgan fingerprint density at radius 3 is 1.50 bits per heavy atom. The van der Waals surface area contributed by atoms with Crippen molar-refractivity contribution in [3.63, 3.8) is 0 Å². The number of nitrogens with one attached hydrogen (secondary N) is 5. The number of hydrogen-bond donors (Lipinski definition) is 5. The lowest BCUT2D eigenvalue weighted by Gasteiger charge is -2.31. The number of ether oxygens (including phenoxy) is 2. The van der Waals surface area contributed by atoms with Crippen LogP contribution < -0.4 is 26.6 Å². The number of carbonyl (C=O) groups is 7. The first kappa shape index (κ1) is 44.4. The summed E-state index contributed by atoms with van der Waals surface area (Å²) >= 11 is 0. The molecule has 0 spiro atoms. The number of esters is 1. The second kappa shape index (κ2) is 18.1. The number of nitrogens with zero attached hydrogens (tertiary/aromatic N) is 1. The monoisotopic (exact) mass is 774 g/mol. The van der Waals surface area contributed by atoms with E-state index in [9.17, 15) is 33.6 Å². The zero-order valence-electron chi connectivity index (χ0n) is 33.7. The van der Waals surface area contributed by atoms with Crippen molar-refractivity contribution in [2.24, 2.45) is 0 Å². The van der Waals surface area contributed by atoms with Gasteiger partial charge in [0.2, 0.25) is 17.7 Å². The van der Waals surface area contributed by atoms with Gasteiger partial charge in [-0.25, -0.2) is 9.59 Å². The summed E-state index contributed by atoms with van der Waals surface area (Å²) in [6.07, 6.45) is 3.12. The minimum atomic E-state index is -1.69. The Kier molecular flexibility index (Phi) is 14.3. The van der Waals surface area contributed by atoms with Crippen LogP contribution in [0.15, 0.2) is 72.1 Å². The van der Waals surface area contributed by atoms with Crippen molar-refractivity contribution in [2.75, 3.05) is 13.7 Å². The van der Waals surface area contributed by atoms with Crippen molar-refractivity contribution in [1.82, 2.24) is 31.5 Å². The third kappa shape index (κ3) is 12.5. The van der Waals surface area contributed by atoms with Crippen LogP contribution in [0.2, 0.25) is 0 Å². The van der Waals surface area contributed by atoms with Crippen molar-refractivity contribution in [3.8, 4) is 0 Å². The van der Waals surface area contributed by atoms with Crippen LogP contribution >= 0.6 is 0 Å². The molecule has 5 N–H and O–H groups in total. The fraction of sp³-hybridized carbons (Fsp3) is 0.439. The third-order valence-corrected chi connectivity index (χ3v) is 8.51. The van der Waals surface area contributed by atoms with E-state index in [-0.39, 0.29) is 11.4 Å². The van der Waals surface area contributed by atoms with E-state index in [2.05, 4.69) is 26.6 Å². The van der Waals surface area contributed by atoms with Gasteiger partial charge < -0.3 is 36.1 Å². The summed E-state index contributed by atoms with van der Waals surface area (Å²) < 4.78 is 10.3. The van der Waals surface area contributed by atoms with Crippen LogP contribution in [0.4, 0.5) is 4.79 Å². The normalized spacial score (nSPS) is 15.2. The van der Waals surface area contributed by atoms with Crippen LogP contribution in [0.25, 0.3) is 12.2 Å². The van der Waals surface area contributed by atoms with Gasteiger partial charge >= 0.3 is 12.1 Å². The van der Waals surface area contributed by atoms with Gasteiger partial charge in [0.1, 0.15) is 39.7 Å². The van der Waals surface area contributed by atoms with Crippen LogP contribution in [0.1, 0.15) is 86.3 Å². The third-order valence-electron chi connectivity index (χ3n) is 8.51. The number of rotatable bonds is 13. The number of carbonyl (C=O) groups excluding carboxylic acids is 7. The number of hydrogen-bond acceptors (Lipinski definition) is 9. The lowest BCUT2D eigenvalue weighted by Crippen LogP contribution is -2.60. The van der Waals surface area contributed by atoms with Gasteiger partial charge in [-0.2, -0.15) is 0 Å². The Hall–Kier alpha value is -5.99. The van der Waals surface area contributed by atoms with E-state index < -0.39 is 69.9 Å². The Morgan fingerprint density at radius 1 is 0.643 bits per heavy atom. The summed E-state index contributed by atoms with van der Waals surface area (Å²) in [7, 11) is 1.18. The minimum absolute atomic E-state index is 0.223. The summed E-state index contributed by atoms with van der Waals surface area (Å²) in [5, 5.41) is 13.1. The molecule has 1 atom stereocenters. The van der Waals surface area contributed by atoms with E-state index in [0.29, 0.717) is 30.5 Å². The van der Waals surface area contributed by atoms with Crippen LogP contribution in [0, 0.1) is 0 Å². The van der Waals surface area contributed by atoms with Gasteiger partial charge in [0, 0.05) is 6.54 Å². The Morgan fingerprint density at radius 2 is 1.07 bits per heavy atom. The van der Waals surface area contributed by atoms with E-state index in [1.54, 1.807) is 81.4 Å². The first-order chi connectivity index (χ1) is 26.0. The minimum Gasteiger partial charge on any atom is -0.467 e. The van der Waals surface area contributed by atoms with Crippen molar-refractivity contribution < 1.29 is 43.0 Å². The molecule has 56 heavy (non-hydrogen) atoms. The van der Waals surface area contributed by atoms with E-state index in [4.69, 9.17) is 9.47 Å². The lowest BCUT2D eigenvalue weighted by molar-refractivity contribution is -0.149. The molecular weight excluding hydrogens is 720 g/mol. The summed E-state index contributed by atoms with van der Waals surface area (Å²) in [4.78, 5) is 94.9. The zero-order valence-corrected chi connectivity index (χ0v) is 33.7. The van der Waals surface area contributed by atoms with E-state index in [1.165, 1.54) is 65.7 Å². The Balaban J connectivity index is 1.85. The quantitative estimate of drug-likeness (QED) is 0.149. The van der Waals surface area contributed by atoms with Crippen LogP contribution in [0.5, 0.6) is 0 Å². The second-order valence-electron chi connectivity index (χ2n) is 15.9. The topological polar surface area (TPSA) is 201 Å². The molecule has 2 aromatic rings. The summed E-state index contributed by atoms with van der Waals surface area (Å²) in [5.74, 6) is -4.50. The molecule has 3 rings (SSSR count). The van der Waals surface area contributed by atoms with Crippen molar-refractivity contribution in [1.29, 1.82) is 0 Å². The van der Waals surface area contributed by atoms with Crippen molar-refractivity contribution in [3.05, 3.63) is 83.2 Å². The number of methoxy groups -OCH3 is 1. The maximum Gasteiger partial charge on any atom is 0.410 e. The van der Waals surface area contributed by atoms with Crippen molar-refractivity contribution in [2.45, 2.75) is 103 Å². The summed E-state index contributed by atoms with van der Waals surface area (Å²) in [5.41, 5.74) is -4.86. The molecule has 1 saturated heterocycles. The highest BCUT2D eigenvalue weighted by Gasteiger charge is 2.41. The molecule has 1 aliphatic heterocycles. The molecule has 2 aromatic carbocycles. The number of amides is 6. The molecule has 0 aromatic heterocycles. The first-order valence-corrected chi connectivity index (χ1v) is 18.2. The fourth-order valence-corrected chi connectivity index (χ4v) is 5.40. The molecule has 1 aliphatic rings. The summed E-state index contributed by atoms with van der Waals surface area (Å²) in [6.45, 7) is 14.1. The molecule has 15 nitrogen and oxygen atoms in total. The highest BCUT2D eigenvalue weighted by molar-refractivity contribution is 6.08. The molecule has 15 heteroatoms. The lowest BCUT2D eigenvalue weighted by atomic mass is 10.0. The average molecular weight is 775 g/mol. The average Bonchev–Trinajstić information content (AvgIpc) is 3.61. The van der Waals surface area contributed by atoms with Gasteiger partial charge in [-0.1, -0.05) is 60.7 Å². The fourth-order valence-electron chi connectivity index (χ4n) is 5.40. The first-order valence-electron chi connectivity index (χ1n) is 18.2. The summed E-state index contributed by atoms with van der Waals surface area (Å²) in [6, 6.07) is 16.4. The Bertz CT molecular complexity index is 1860. The van der Waals surface area contributed by atoms with Gasteiger partial charge in [0.05, 0.1) is 7.11 Å². The molecule has 0 aliphatic carbocycles. The van der Waals surface area contributed by atoms with Gasteiger partial charge in [-0.05, 0) is 98.4 Å². The maximum atomic E-state index is 13.9. The molecule has 1 fully saturated rings. The highest BCUT2D eigenvalue weighted by atomic mass is 16.6.